The summed E-state index contributed by atoms with van der Waals surface area (Å²) >= 11 is 0. The molecule has 0 radical (unpaired) electrons. The molecule has 0 saturated heterocycles. The van der Waals surface area contributed by atoms with E-state index in [1.54, 1.807) is 19.2 Å². The average Bonchev–Trinajstić information content (AvgIpc) is 3.11. The van der Waals surface area contributed by atoms with E-state index in [2.05, 4.69) is 45.4 Å². The number of aliphatic imine (C=N–C) groups is 1. The molecule has 2 aromatic carbocycles. The van der Waals surface area contributed by atoms with Gasteiger partial charge in [0.2, 0.25) is 0 Å². The number of halogens is 1. The molecule has 0 aliphatic heterocycles. The molecule has 0 saturated carbocycles. The number of nitrogens with one attached hydrogen (secondary N) is 1. The van der Waals surface area contributed by atoms with Gasteiger partial charge in [0.05, 0.1) is 11.4 Å². The van der Waals surface area contributed by atoms with Gasteiger partial charge in [-0.2, -0.15) is 10.4 Å². The van der Waals surface area contributed by atoms with E-state index in [1.165, 1.54) is 27.9 Å². The fourth-order valence-corrected chi connectivity index (χ4v) is 3.51. The van der Waals surface area contributed by atoms with Gasteiger partial charge in [-0.15, -0.1) is 0 Å². The SMILES string of the molecule is CN=C(NCCCc1nn(-c2ccc(F)cc2)c(N)c1C#N)N(C)Cc1ccccc1C. The molecule has 1 aromatic heterocycles. The fraction of sp³-hybridized carbons (Fsp3) is 0.292. The van der Waals surface area contributed by atoms with Gasteiger partial charge in [-0.3, -0.25) is 4.99 Å². The zero-order chi connectivity index (χ0) is 23.1. The van der Waals surface area contributed by atoms with Crippen molar-refractivity contribution in [2.75, 3.05) is 26.4 Å². The fourth-order valence-electron chi connectivity index (χ4n) is 3.51. The third kappa shape index (κ3) is 5.24. The number of aromatic nitrogens is 2. The van der Waals surface area contributed by atoms with Gasteiger partial charge in [-0.05, 0) is 55.2 Å². The Morgan fingerprint density at radius 2 is 1.97 bits per heavy atom. The van der Waals surface area contributed by atoms with E-state index < -0.39 is 0 Å². The van der Waals surface area contributed by atoms with Crippen LogP contribution in [-0.4, -0.2) is 41.3 Å². The molecular weight excluding hydrogens is 405 g/mol. The van der Waals surface area contributed by atoms with Crippen LogP contribution in [0.2, 0.25) is 0 Å². The summed E-state index contributed by atoms with van der Waals surface area (Å²) in [4.78, 5) is 6.44. The van der Waals surface area contributed by atoms with E-state index in [4.69, 9.17) is 5.73 Å². The van der Waals surface area contributed by atoms with Crippen LogP contribution in [0.1, 0.15) is 28.8 Å². The molecule has 3 rings (SSSR count). The number of nitrogens with two attached hydrogens (primary N) is 1. The summed E-state index contributed by atoms with van der Waals surface area (Å²) in [6.45, 7) is 3.52. The molecule has 166 valence electrons. The van der Waals surface area contributed by atoms with E-state index >= 15 is 0 Å². The van der Waals surface area contributed by atoms with E-state index in [0.717, 1.165) is 18.9 Å². The first-order valence-electron chi connectivity index (χ1n) is 10.4. The van der Waals surface area contributed by atoms with Crippen molar-refractivity contribution in [1.82, 2.24) is 20.0 Å². The zero-order valence-electron chi connectivity index (χ0n) is 18.6. The normalized spacial score (nSPS) is 11.3. The molecule has 0 aliphatic rings. The minimum Gasteiger partial charge on any atom is -0.382 e. The van der Waals surface area contributed by atoms with Crippen molar-refractivity contribution >= 4 is 11.8 Å². The van der Waals surface area contributed by atoms with Gasteiger partial charge in [0, 0.05) is 27.2 Å². The van der Waals surface area contributed by atoms with Gasteiger partial charge in [-0.25, -0.2) is 9.07 Å². The number of nitriles is 1. The number of hydrogen-bond donors (Lipinski definition) is 2. The van der Waals surface area contributed by atoms with Crippen LogP contribution in [0.25, 0.3) is 5.69 Å². The van der Waals surface area contributed by atoms with Crippen LogP contribution in [0.15, 0.2) is 53.5 Å². The van der Waals surface area contributed by atoms with Crippen molar-refractivity contribution < 1.29 is 4.39 Å². The summed E-state index contributed by atoms with van der Waals surface area (Å²) in [5.41, 5.74) is 10.2. The smallest absolute Gasteiger partial charge is 0.193 e. The summed E-state index contributed by atoms with van der Waals surface area (Å²) in [5, 5.41) is 17.4. The molecule has 0 aliphatic carbocycles. The summed E-state index contributed by atoms with van der Waals surface area (Å²) in [5.74, 6) is 0.716. The number of nitrogens with zero attached hydrogens (tertiary/aromatic N) is 5. The standard InChI is InChI=1S/C24H28FN7/c1-17-7-4-5-8-18(17)16-31(3)24(28-2)29-14-6-9-22-21(15-26)23(27)32(30-22)20-12-10-19(25)11-13-20/h4-5,7-8,10-13H,6,9,14,16,27H2,1-3H3,(H,28,29). The Kier molecular flexibility index (Phi) is 7.45. The molecule has 0 atom stereocenters. The highest BCUT2D eigenvalue weighted by Gasteiger charge is 2.16. The van der Waals surface area contributed by atoms with Gasteiger partial charge in [0.15, 0.2) is 5.96 Å². The number of guanidine groups is 1. The van der Waals surface area contributed by atoms with Gasteiger partial charge < -0.3 is 16.0 Å². The molecule has 0 unspecified atom stereocenters. The predicted molar refractivity (Wildman–Crippen MR) is 125 cm³/mol. The quantitative estimate of drug-likeness (QED) is 0.338. The number of benzene rings is 2. The minimum absolute atomic E-state index is 0.260. The first-order valence-corrected chi connectivity index (χ1v) is 10.4. The molecule has 32 heavy (non-hydrogen) atoms. The first kappa shape index (κ1) is 22.8. The second-order valence-electron chi connectivity index (χ2n) is 7.57. The molecular formula is C24H28FN7. The van der Waals surface area contributed by atoms with Gasteiger partial charge in [0.1, 0.15) is 23.3 Å². The first-order chi connectivity index (χ1) is 15.4. The predicted octanol–water partition coefficient (Wildman–Crippen LogP) is 3.41. The Morgan fingerprint density at radius 3 is 2.62 bits per heavy atom. The topological polar surface area (TPSA) is 95.3 Å². The third-order valence-corrected chi connectivity index (χ3v) is 5.29. The zero-order valence-corrected chi connectivity index (χ0v) is 18.6. The number of nitrogen functional groups attached to an aromatic ring is 1. The highest BCUT2D eigenvalue weighted by molar-refractivity contribution is 5.79. The van der Waals surface area contributed by atoms with E-state index in [-0.39, 0.29) is 11.6 Å². The molecule has 0 fully saturated rings. The Morgan fingerprint density at radius 1 is 1.25 bits per heavy atom. The summed E-state index contributed by atoms with van der Waals surface area (Å²) in [6, 6.07) is 16.3. The summed E-state index contributed by atoms with van der Waals surface area (Å²) in [7, 11) is 3.76. The van der Waals surface area contributed by atoms with Gasteiger partial charge in [0.25, 0.3) is 0 Å². The average molecular weight is 434 g/mol. The second-order valence-corrected chi connectivity index (χ2v) is 7.57. The van der Waals surface area contributed by atoms with Crippen molar-refractivity contribution in [3.63, 3.8) is 0 Å². The van der Waals surface area contributed by atoms with E-state index in [0.29, 0.717) is 29.9 Å². The van der Waals surface area contributed by atoms with Crippen molar-refractivity contribution in [2.45, 2.75) is 26.3 Å². The monoisotopic (exact) mass is 433 g/mol. The van der Waals surface area contributed by atoms with Crippen molar-refractivity contribution in [3.8, 4) is 11.8 Å². The summed E-state index contributed by atoms with van der Waals surface area (Å²) < 4.78 is 14.7. The van der Waals surface area contributed by atoms with Crippen LogP contribution in [0, 0.1) is 24.1 Å². The van der Waals surface area contributed by atoms with Gasteiger partial charge in [-0.1, -0.05) is 24.3 Å². The third-order valence-electron chi connectivity index (χ3n) is 5.29. The number of aryl methyl sites for hydroxylation is 2. The maximum atomic E-state index is 13.2. The maximum absolute atomic E-state index is 13.2. The highest BCUT2D eigenvalue weighted by atomic mass is 19.1. The van der Waals surface area contributed by atoms with Crippen LogP contribution in [0.4, 0.5) is 10.2 Å². The Bertz CT molecular complexity index is 1130. The molecule has 8 heteroatoms. The molecule has 0 bridgehead atoms. The second kappa shape index (κ2) is 10.4. The lowest BCUT2D eigenvalue weighted by atomic mass is 10.1. The summed E-state index contributed by atoms with van der Waals surface area (Å²) in [6.07, 6.45) is 1.32. The molecule has 3 aromatic rings. The molecule has 1 heterocycles. The van der Waals surface area contributed by atoms with Crippen molar-refractivity contribution in [2.24, 2.45) is 4.99 Å². The Hall–Kier alpha value is -3.86. The molecule has 7 nitrogen and oxygen atoms in total. The number of rotatable bonds is 7. The van der Waals surface area contributed by atoms with E-state index in [1.807, 2.05) is 19.2 Å². The number of anilines is 1. The largest absolute Gasteiger partial charge is 0.382 e. The lowest BCUT2D eigenvalue weighted by Crippen LogP contribution is -2.39. The van der Waals surface area contributed by atoms with Gasteiger partial charge >= 0.3 is 0 Å². The maximum Gasteiger partial charge on any atom is 0.193 e. The minimum atomic E-state index is -0.341. The molecule has 3 N–H and O–H groups in total. The Labute approximate surface area is 188 Å². The van der Waals surface area contributed by atoms with Crippen LogP contribution in [0.3, 0.4) is 0 Å². The molecule has 0 spiro atoms. The van der Waals surface area contributed by atoms with Crippen molar-refractivity contribution in [1.29, 1.82) is 5.26 Å². The van der Waals surface area contributed by atoms with Crippen LogP contribution in [0.5, 0.6) is 0 Å². The lowest BCUT2D eigenvalue weighted by Gasteiger charge is -2.23. The van der Waals surface area contributed by atoms with Crippen LogP contribution >= 0.6 is 0 Å². The lowest BCUT2D eigenvalue weighted by molar-refractivity contribution is 0.474. The van der Waals surface area contributed by atoms with Crippen LogP contribution in [-0.2, 0) is 13.0 Å². The Balaban J connectivity index is 1.60. The van der Waals surface area contributed by atoms with Crippen molar-refractivity contribution in [3.05, 3.63) is 76.7 Å². The van der Waals surface area contributed by atoms with E-state index in [9.17, 15) is 9.65 Å². The highest BCUT2D eigenvalue weighted by Crippen LogP contribution is 2.21. The van der Waals surface area contributed by atoms with Crippen LogP contribution < -0.4 is 11.1 Å². The molecule has 0 amide bonds. The number of hydrogen-bond acceptors (Lipinski definition) is 4.